The lowest BCUT2D eigenvalue weighted by atomic mass is 10.2. The maximum Gasteiger partial charge on any atom is 0.260 e. The first-order valence-electron chi connectivity index (χ1n) is 5.11. The number of amides is 2. The fourth-order valence-electron chi connectivity index (χ4n) is 1.47. The molecule has 0 aliphatic heterocycles. The number of thiophene rings is 1. The Morgan fingerprint density at radius 3 is 2.56 bits per heavy atom. The zero-order valence-corrected chi connectivity index (χ0v) is 11.4. The van der Waals surface area contributed by atoms with E-state index in [9.17, 15) is 9.59 Å². The molecule has 0 bridgehead atoms. The number of carbonyl (C=O) groups is 2. The lowest BCUT2D eigenvalue weighted by Crippen LogP contribution is -2.11. The summed E-state index contributed by atoms with van der Waals surface area (Å²) in [4.78, 5) is 29.2. The van der Waals surface area contributed by atoms with Crippen LogP contribution in [0.1, 0.15) is 29.8 Å². The van der Waals surface area contributed by atoms with Crippen molar-refractivity contribution >= 4 is 39.6 Å². The number of nitrogens with one attached hydrogen (secondary N) is 1. The predicted molar refractivity (Wildman–Crippen MR) is 72.4 cm³/mol. The van der Waals surface area contributed by atoms with Gasteiger partial charge in [-0.15, -0.1) is 11.3 Å². The van der Waals surface area contributed by atoms with Gasteiger partial charge in [-0.3, -0.25) is 14.9 Å². The van der Waals surface area contributed by atoms with Crippen LogP contribution in [0.5, 0.6) is 0 Å². The van der Waals surface area contributed by atoms with Crippen LogP contribution in [0.15, 0.2) is 12.3 Å². The minimum absolute atomic E-state index is 0.220. The topological polar surface area (TPSA) is 85.1 Å². The second-order valence-electron chi connectivity index (χ2n) is 3.67. The van der Waals surface area contributed by atoms with Crippen LogP contribution in [0.25, 0.3) is 0 Å². The van der Waals surface area contributed by atoms with E-state index in [4.69, 9.17) is 5.73 Å². The van der Waals surface area contributed by atoms with Crippen molar-refractivity contribution in [3.05, 3.63) is 32.5 Å². The van der Waals surface area contributed by atoms with Crippen LogP contribution in [-0.4, -0.2) is 16.8 Å². The summed E-state index contributed by atoms with van der Waals surface area (Å²) >= 11 is 2.63. The summed E-state index contributed by atoms with van der Waals surface area (Å²) in [5.41, 5.74) is 5.75. The molecule has 0 saturated carbocycles. The molecule has 18 heavy (non-hydrogen) atoms. The van der Waals surface area contributed by atoms with Crippen LogP contribution >= 0.6 is 22.7 Å². The van der Waals surface area contributed by atoms with E-state index in [0.29, 0.717) is 15.6 Å². The van der Waals surface area contributed by atoms with Crippen LogP contribution in [-0.2, 0) is 0 Å². The third-order valence-corrected chi connectivity index (χ3v) is 4.15. The lowest BCUT2D eigenvalue weighted by Gasteiger charge is -1.99. The first kappa shape index (κ1) is 12.7. The van der Waals surface area contributed by atoms with Crippen LogP contribution in [0.2, 0.25) is 0 Å². The van der Waals surface area contributed by atoms with Crippen molar-refractivity contribution < 1.29 is 9.59 Å². The molecule has 5 nitrogen and oxygen atoms in total. The predicted octanol–water partition coefficient (Wildman–Crippen LogP) is 2.17. The van der Waals surface area contributed by atoms with E-state index in [-0.39, 0.29) is 5.91 Å². The van der Waals surface area contributed by atoms with Gasteiger partial charge in [0.1, 0.15) is 4.88 Å². The lowest BCUT2D eigenvalue weighted by molar-refractivity contribution is 0.100. The second-order valence-corrected chi connectivity index (χ2v) is 6.17. The van der Waals surface area contributed by atoms with E-state index in [1.54, 1.807) is 11.3 Å². The van der Waals surface area contributed by atoms with Gasteiger partial charge in [0, 0.05) is 9.75 Å². The van der Waals surface area contributed by atoms with Gasteiger partial charge in [-0.25, -0.2) is 4.98 Å². The van der Waals surface area contributed by atoms with Crippen molar-refractivity contribution in [1.29, 1.82) is 0 Å². The largest absolute Gasteiger partial charge is 0.365 e. The summed E-state index contributed by atoms with van der Waals surface area (Å²) in [6.07, 6.45) is 1.36. The Kier molecular flexibility index (Phi) is 3.44. The number of hydrogen-bond acceptors (Lipinski definition) is 5. The highest BCUT2D eigenvalue weighted by molar-refractivity contribution is 7.17. The third kappa shape index (κ3) is 2.57. The molecule has 0 unspecified atom stereocenters. The number of nitrogens with two attached hydrogens (primary N) is 1. The van der Waals surface area contributed by atoms with Crippen LogP contribution in [0, 0.1) is 13.8 Å². The summed E-state index contributed by atoms with van der Waals surface area (Å²) in [6.45, 7) is 3.84. The summed E-state index contributed by atoms with van der Waals surface area (Å²) in [6, 6.07) is 1.83. The van der Waals surface area contributed by atoms with Gasteiger partial charge in [-0.2, -0.15) is 0 Å². The average molecular weight is 281 g/mol. The highest BCUT2D eigenvalue weighted by Crippen LogP contribution is 2.23. The van der Waals surface area contributed by atoms with Crippen LogP contribution in [0.4, 0.5) is 5.13 Å². The van der Waals surface area contributed by atoms with Crippen molar-refractivity contribution in [2.24, 2.45) is 5.73 Å². The fourth-order valence-corrected chi connectivity index (χ4v) is 3.05. The van der Waals surface area contributed by atoms with Gasteiger partial charge in [0.2, 0.25) is 0 Å². The number of anilines is 1. The van der Waals surface area contributed by atoms with Crippen molar-refractivity contribution in [3.8, 4) is 0 Å². The molecule has 0 aliphatic rings. The number of hydrogen-bond donors (Lipinski definition) is 2. The smallest absolute Gasteiger partial charge is 0.260 e. The van der Waals surface area contributed by atoms with Crippen LogP contribution in [0.3, 0.4) is 0 Å². The van der Waals surface area contributed by atoms with Gasteiger partial charge in [0.05, 0.1) is 11.8 Å². The molecule has 3 N–H and O–H groups in total. The van der Waals surface area contributed by atoms with E-state index < -0.39 is 5.91 Å². The maximum atomic E-state index is 12.0. The van der Waals surface area contributed by atoms with E-state index in [1.165, 1.54) is 6.20 Å². The van der Waals surface area contributed by atoms with Crippen molar-refractivity contribution in [2.45, 2.75) is 13.8 Å². The minimum atomic E-state index is -0.546. The number of primary amides is 1. The van der Waals surface area contributed by atoms with Gasteiger partial charge in [0.15, 0.2) is 5.13 Å². The molecule has 0 spiro atoms. The molecule has 2 aromatic rings. The van der Waals surface area contributed by atoms with Gasteiger partial charge in [-0.05, 0) is 19.9 Å². The highest BCUT2D eigenvalue weighted by Gasteiger charge is 2.14. The van der Waals surface area contributed by atoms with E-state index >= 15 is 0 Å². The molecule has 0 atom stereocenters. The Labute approximate surface area is 112 Å². The fraction of sp³-hybridized carbons (Fsp3) is 0.182. The molecule has 2 aromatic heterocycles. The summed E-state index contributed by atoms with van der Waals surface area (Å²) < 4.78 is 0. The van der Waals surface area contributed by atoms with Gasteiger partial charge < -0.3 is 5.73 Å². The molecule has 94 valence electrons. The quantitative estimate of drug-likeness (QED) is 0.904. The summed E-state index contributed by atoms with van der Waals surface area (Å²) in [7, 11) is 0. The second kappa shape index (κ2) is 4.87. The molecule has 7 heteroatoms. The Morgan fingerprint density at radius 2 is 2.06 bits per heavy atom. The van der Waals surface area contributed by atoms with E-state index in [1.807, 2.05) is 19.9 Å². The number of rotatable bonds is 3. The molecule has 0 aliphatic carbocycles. The normalized spacial score (nSPS) is 10.3. The summed E-state index contributed by atoms with van der Waals surface area (Å²) in [5.74, 6) is -0.766. The molecule has 0 fully saturated rings. The number of carbonyl (C=O) groups excluding carboxylic acids is 2. The number of thiazole rings is 1. The highest BCUT2D eigenvalue weighted by atomic mass is 32.1. The zero-order valence-electron chi connectivity index (χ0n) is 9.81. The molecule has 2 rings (SSSR count). The van der Waals surface area contributed by atoms with Gasteiger partial charge in [-0.1, -0.05) is 11.3 Å². The third-order valence-electron chi connectivity index (χ3n) is 2.25. The molecule has 2 heterocycles. The Hall–Kier alpha value is -1.73. The molecular formula is C11H11N3O2S2. The Bertz CT molecular complexity index is 616. The maximum absolute atomic E-state index is 12.0. The Morgan fingerprint density at radius 1 is 1.33 bits per heavy atom. The number of nitrogens with zero attached hydrogens (tertiary/aromatic N) is 1. The van der Waals surface area contributed by atoms with Gasteiger partial charge >= 0.3 is 0 Å². The monoisotopic (exact) mass is 281 g/mol. The van der Waals surface area contributed by atoms with Gasteiger partial charge in [0.25, 0.3) is 11.8 Å². The molecule has 0 aromatic carbocycles. The van der Waals surface area contributed by atoms with Crippen molar-refractivity contribution in [1.82, 2.24) is 4.98 Å². The van der Waals surface area contributed by atoms with E-state index in [0.717, 1.165) is 21.1 Å². The van der Waals surface area contributed by atoms with Crippen LogP contribution < -0.4 is 11.1 Å². The van der Waals surface area contributed by atoms with Crippen molar-refractivity contribution in [2.75, 3.05) is 5.32 Å². The molecule has 0 radical (unpaired) electrons. The number of aryl methyl sites for hydroxylation is 2. The first-order valence-corrected chi connectivity index (χ1v) is 6.74. The first-order chi connectivity index (χ1) is 8.47. The molecule has 0 saturated heterocycles. The standard InChI is InChI=1S/C11H11N3O2S2/c1-5-3-7(6(2)17-5)10(16)14-11-13-4-8(18-11)9(12)15/h3-4H,1-2H3,(H2,12,15)(H,13,14,16). The number of aromatic nitrogens is 1. The average Bonchev–Trinajstić information content (AvgIpc) is 2.85. The molecular weight excluding hydrogens is 270 g/mol. The zero-order chi connectivity index (χ0) is 13.3. The summed E-state index contributed by atoms with van der Waals surface area (Å²) in [5, 5.41) is 3.03. The van der Waals surface area contributed by atoms with E-state index in [2.05, 4.69) is 10.3 Å². The minimum Gasteiger partial charge on any atom is -0.365 e. The van der Waals surface area contributed by atoms with Crippen molar-refractivity contribution in [3.63, 3.8) is 0 Å². The molecule has 2 amide bonds. The SMILES string of the molecule is Cc1cc(C(=O)Nc2ncc(C(N)=O)s2)c(C)s1. The Balaban J connectivity index is 2.16.